The number of hydrogen-bond acceptors (Lipinski definition) is 4. The van der Waals surface area contributed by atoms with Gasteiger partial charge in [0.2, 0.25) is 5.91 Å². The number of nitrogens with zero attached hydrogens (tertiary/aromatic N) is 1. The number of nitrogens with two attached hydrogens (primary N) is 1. The Morgan fingerprint density at radius 2 is 2.50 bits per heavy atom. The van der Waals surface area contributed by atoms with E-state index in [0.717, 1.165) is 12.8 Å². The first-order chi connectivity index (χ1) is 6.70. The van der Waals surface area contributed by atoms with E-state index in [9.17, 15) is 4.79 Å². The zero-order valence-electron chi connectivity index (χ0n) is 8.48. The molecule has 0 aromatic rings. The summed E-state index contributed by atoms with van der Waals surface area (Å²) in [6.45, 7) is 0.945. The lowest BCUT2D eigenvalue weighted by atomic mass is 10.2. The predicted molar refractivity (Wildman–Crippen MR) is 51.7 cm³/mol. The van der Waals surface area contributed by atoms with Crippen molar-refractivity contribution < 1.29 is 14.6 Å². The zero-order chi connectivity index (χ0) is 10.6. The second kappa shape index (κ2) is 5.29. The molecule has 0 spiro atoms. The number of rotatable bonds is 4. The summed E-state index contributed by atoms with van der Waals surface area (Å²) in [5.41, 5.74) is 5.63. The average Bonchev–Trinajstić information content (AvgIpc) is 2.64. The third kappa shape index (κ3) is 2.43. The van der Waals surface area contributed by atoms with Crippen LogP contribution < -0.4 is 5.73 Å². The molecule has 82 valence electrons. The van der Waals surface area contributed by atoms with Crippen molar-refractivity contribution in [2.45, 2.75) is 24.9 Å². The Balaban J connectivity index is 2.50. The minimum Gasteiger partial charge on any atom is -0.394 e. The zero-order valence-corrected chi connectivity index (χ0v) is 8.48. The van der Waals surface area contributed by atoms with Crippen molar-refractivity contribution in [2.24, 2.45) is 5.73 Å². The summed E-state index contributed by atoms with van der Waals surface area (Å²) in [5, 5.41) is 9.03. The molecule has 5 heteroatoms. The highest BCUT2D eigenvalue weighted by Gasteiger charge is 2.30. The van der Waals surface area contributed by atoms with E-state index in [0.29, 0.717) is 6.54 Å². The molecule has 1 rings (SSSR count). The number of aliphatic hydroxyl groups is 1. The van der Waals surface area contributed by atoms with Crippen molar-refractivity contribution in [1.82, 2.24) is 4.90 Å². The summed E-state index contributed by atoms with van der Waals surface area (Å²) in [5.74, 6) is -0.122. The minimum atomic E-state index is -0.604. The quantitative estimate of drug-likeness (QED) is 0.609. The van der Waals surface area contributed by atoms with Crippen LogP contribution >= 0.6 is 0 Å². The molecule has 1 saturated heterocycles. The van der Waals surface area contributed by atoms with Crippen molar-refractivity contribution in [2.75, 3.05) is 26.9 Å². The molecule has 0 aliphatic carbocycles. The van der Waals surface area contributed by atoms with Crippen molar-refractivity contribution in [3.05, 3.63) is 0 Å². The molecule has 1 amide bonds. The number of likely N-dealkylation sites (tertiary alicyclic amines) is 1. The number of methoxy groups -OCH3 is 1. The van der Waals surface area contributed by atoms with E-state index in [1.807, 2.05) is 0 Å². The topological polar surface area (TPSA) is 75.8 Å². The number of amides is 1. The number of carbonyl (C=O) groups excluding carboxylic acids is 1. The van der Waals surface area contributed by atoms with Gasteiger partial charge >= 0.3 is 0 Å². The summed E-state index contributed by atoms with van der Waals surface area (Å²) >= 11 is 0. The van der Waals surface area contributed by atoms with Gasteiger partial charge in [-0.2, -0.15) is 0 Å². The van der Waals surface area contributed by atoms with Crippen LogP contribution in [0.5, 0.6) is 0 Å². The Morgan fingerprint density at radius 3 is 3.07 bits per heavy atom. The third-order valence-electron chi connectivity index (χ3n) is 2.53. The predicted octanol–water partition coefficient (Wildman–Crippen LogP) is -1.06. The van der Waals surface area contributed by atoms with Crippen LogP contribution in [0.1, 0.15) is 12.8 Å². The molecule has 1 aliphatic heterocycles. The van der Waals surface area contributed by atoms with Gasteiger partial charge in [0.15, 0.2) is 0 Å². The van der Waals surface area contributed by atoms with E-state index in [1.54, 1.807) is 4.90 Å². The molecule has 0 radical (unpaired) electrons. The molecule has 1 fully saturated rings. The van der Waals surface area contributed by atoms with Crippen molar-refractivity contribution in [3.63, 3.8) is 0 Å². The van der Waals surface area contributed by atoms with Gasteiger partial charge in [0.25, 0.3) is 0 Å². The maximum Gasteiger partial charge on any atom is 0.242 e. The Morgan fingerprint density at radius 1 is 1.79 bits per heavy atom. The summed E-state index contributed by atoms with van der Waals surface area (Å²) in [6.07, 6.45) is 1.80. The fourth-order valence-corrected chi connectivity index (χ4v) is 1.78. The highest BCUT2D eigenvalue weighted by molar-refractivity contribution is 5.82. The number of aliphatic hydroxyl groups excluding tert-OH is 1. The molecule has 5 nitrogen and oxygen atoms in total. The molecule has 0 saturated carbocycles. The Kier molecular flexibility index (Phi) is 4.31. The van der Waals surface area contributed by atoms with Crippen molar-refractivity contribution >= 4 is 5.91 Å². The standard InChI is InChI=1S/C9H18N2O3/c1-14-6-8(10)9(13)11-4-2-3-7(11)5-12/h7-8,12H,2-6,10H2,1H3/t7-,8?/m1/s1. The molecule has 0 bridgehead atoms. The monoisotopic (exact) mass is 202 g/mol. The molecule has 1 heterocycles. The second-order valence-corrected chi connectivity index (χ2v) is 3.57. The molecular formula is C9H18N2O3. The maximum atomic E-state index is 11.7. The first kappa shape index (κ1) is 11.4. The van der Waals surface area contributed by atoms with E-state index >= 15 is 0 Å². The van der Waals surface area contributed by atoms with Crippen LogP contribution in [0.25, 0.3) is 0 Å². The van der Waals surface area contributed by atoms with Gasteiger partial charge in [-0.3, -0.25) is 4.79 Å². The van der Waals surface area contributed by atoms with Gasteiger partial charge in [0, 0.05) is 13.7 Å². The van der Waals surface area contributed by atoms with Crippen LogP contribution in [0, 0.1) is 0 Å². The van der Waals surface area contributed by atoms with E-state index in [2.05, 4.69) is 0 Å². The average molecular weight is 202 g/mol. The molecule has 3 N–H and O–H groups in total. The Bertz CT molecular complexity index is 198. The summed E-state index contributed by atoms with van der Waals surface area (Å²) in [6, 6.07) is -0.655. The third-order valence-corrected chi connectivity index (χ3v) is 2.53. The highest BCUT2D eigenvalue weighted by atomic mass is 16.5. The lowest BCUT2D eigenvalue weighted by Gasteiger charge is -2.25. The van der Waals surface area contributed by atoms with E-state index in [-0.39, 0.29) is 25.2 Å². The van der Waals surface area contributed by atoms with Gasteiger partial charge in [-0.1, -0.05) is 0 Å². The van der Waals surface area contributed by atoms with Crippen LogP contribution in [0.4, 0.5) is 0 Å². The minimum absolute atomic E-state index is 0.0193. The van der Waals surface area contributed by atoms with Crippen LogP contribution in [0.15, 0.2) is 0 Å². The van der Waals surface area contributed by atoms with Crippen LogP contribution in [0.3, 0.4) is 0 Å². The maximum absolute atomic E-state index is 11.7. The number of carbonyl (C=O) groups is 1. The fourth-order valence-electron chi connectivity index (χ4n) is 1.78. The van der Waals surface area contributed by atoms with Gasteiger partial charge in [0.05, 0.1) is 19.3 Å². The van der Waals surface area contributed by atoms with Gasteiger partial charge in [-0.05, 0) is 12.8 Å². The van der Waals surface area contributed by atoms with Crippen LogP contribution in [-0.2, 0) is 9.53 Å². The van der Waals surface area contributed by atoms with Gasteiger partial charge in [-0.25, -0.2) is 0 Å². The van der Waals surface area contributed by atoms with Gasteiger partial charge in [0.1, 0.15) is 6.04 Å². The van der Waals surface area contributed by atoms with E-state index in [4.69, 9.17) is 15.6 Å². The van der Waals surface area contributed by atoms with Crippen LogP contribution in [0.2, 0.25) is 0 Å². The van der Waals surface area contributed by atoms with Crippen molar-refractivity contribution in [3.8, 4) is 0 Å². The first-order valence-corrected chi connectivity index (χ1v) is 4.86. The first-order valence-electron chi connectivity index (χ1n) is 4.86. The van der Waals surface area contributed by atoms with Crippen molar-refractivity contribution in [1.29, 1.82) is 0 Å². The number of ether oxygens (including phenoxy) is 1. The molecule has 2 atom stereocenters. The van der Waals surface area contributed by atoms with E-state index in [1.165, 1.54) is 7.11 Å². The lowest BCUT2D eigenvalue weighted by Crippen LogP contribution is -2.48. The molecular weight excluding hydrogens is 184 g/mol. The largest absolute Gasteiger partial charge is 0.394 e. The van der Waals surface area contributed by atoms with Gasteiger partial charge < -0.3 is 20.5 Å². The molecule has 0 aromatic heterocycles. The highest BCUT2D eigenvalue weighted by Crippen LogP contribution is 2.17. The Labute approximate surface area is 83.8 Å². The molecule has 0 aromatic carbocycles. The lowest BCUT2D eigenvalue weighted by molar-refractivity contribution is -0.135. The smallest absolute Gasteiger partial charge is 0.242 e. The molecule has 1 unspecified atom stereocenters. The summed E-state index contributed by atoms with van der Waals surface area (Å²) < 4.78 is 4.82. The van der Waals surface area contributed by atoms with Gasteiger partial charge in [-0.15, -0.1) is 0 Å². The number of hydrogen-bond donors (Lipinski definition) is 2. The second-order valence-electron chi connectivity index (χ2n) is 3.57. The van der Waals surface area contributed by atoms with Crippen LogP contribution in [-0.4, -0.2) is 54.9 Å². The Hall–Kier alpha value is -0.650. The fraction of sp³-hybridized carbons (Fsp3) is 0.889. The van der Waals surface area contributed by atoms with E-state index < -0.39 is 6.04 Å². The SMILES string of the molecule is COCC(N)C(=O)N1CCC[C@@H]1CO. The summed E-state index contributed by atoms with van der Waals surface area (Å²) in [7, 11) is 1.51. The normalized spacial score (nSPS) is 23.9. The summed E-state index contributed by atoms with van der Waals surface area (Å²) in [4.78, 5) is 13.4. The molecule has 14 heavy (non-hydrogen) atoms. The molecule has 1 aliphatic rings.